The van der Waals surface area contributed by atoms with E-state index in [0.29, 0.717) is 17.9 Å². The van der Waals surface area contributed by atoms with Crippen LogP contribution in [0.15, 0.2) is 24.3 Å². The lowest BCUT2D eigenvalue weighted by atomic mass is 10.0. The van der Waals surface area contributed by atoms with Crippen molar-refractivity contribution in [1.82, 2.24) is 4.90 Å². The summed E-state index contributed by atoms with van der Waals surface area (Å²) in [5.41, 5.74) is 1.23. The van der Waals surface area contributed by atoms with E-state index < -0.39 is 0 Å². The number of aromatic hydroxyl groups is 1. The molecule has 100 valence electrons. The van der Waals surface area contributed by atoms with Crippen LogP contribution < -0.4 is 0 Å². The lowest BCUT2D eigenvalue weighted by Gasteiger charge is -2.31. The van der Waals surface area contributed by atoms with Gasteiger partial charge in [-0.1, -0.05) is 12.1 Å². The first-order chi connectivity index (χ1) is 8.66. The van der Waals surface area contributed by atoms with Crippen LogP contribution >= 0.6 is 0 Å². The lowest BCUT2D eigenvalue weighted by Crippen LogP contribution is -2.34. The second-order valence-corrected chi connectivity index (χ2v) is 5.20. The zero-order valence-electron chi connectivity index (χ0n) is 11.3. The van der Waals surface area contributed by atoms with E-state index in [-0.39, 0.29) is 0 Å². The van der Waals surface area contributed by atoms with Gasteiger partial charge in [-0.15, -0.1) is 0 Å². The fourth-order valence-corrected chi connectivity index (χ4v) is 2.44. The Bertz CT molecular complexity index is 357. The summed E-state index contributed by atoms with van der Waals surface area (Å²) in [7, 11) is 2.13. The largest absolute Gasteiger partial charge is 0.508 e. The van der Waals surface area contributed by atoms with Crippen molar-refractivity contribution in [3.8, 4) is 5.75 Å². The van der Waals surface area contributed by atoms with Crippen molar-refractivity contribution in [2.45, 2.75) is 38.3 Å². The standard InChI is InChI=1S/C15H23NO2/c1-12(13-6-8-14(17)9-7-13)16(2)11-15-5-3-4-10-18-15/h6-9,12,15,17H,3-5,10-11H2,1-2H3. The maximum absolute atomic E-state index is 9.30. The van der Waals surface area contributed by atoms with Crippen molar-refractivity contribution in [2.75, 3.05) is 20.2 Å². The molecule has 1 heterocycles. The zero-order chi connectivity index (χ0) is 13.0. The van der Waals surface area contributed by atoms with Crippen LogP contribution in [0, 0.1) is 0 Å². The van der Waals surface area contributed by atoms with E-state index in [1.54, 1.807) is 12.1 Å². The Morgan fingerprint density at radius 1 is 1.33 bits per heavy atom. The number of nitrogens with zero attached hydrogens (tertiary/aromatic N) is 1. The van der Waals surface area contributed by atoms with Crippen LogP contribution in [0.25, 0.3) is 0 Å². The highest BCUT2D eigenvalue weighted by atomic mass is 16.5. The molecule has 1 aromatic carbocycles. The summed E-state index contributed by atoms with van der Waals surface area (Å²) >= 11 is 0. The molecule has 1 N–H and O–H groups in total. The molecule has 0 aromatic heterocycles. The van der Waals surface area contributed by atoms with Crippen LogP contribution in [-0.2, 0) is 4.74 Å². The third kappa shape index (κ3) is 3.47. The molecule has 1 saturated heterocycles. The van der Waals surface area contributed by atoms with Gasteiger partial charge in [-0.3, -0.25) is 4.90 Å². The molecular formula is C15H23NO2. The molecule has 0 amide bonds. The van der Waals surface area contributed by atoms with E-state index in [0.717, 1.165) is 13.2 Å². The Morgan fingerprint density at radius 2 is 2.06 bits per heavy atom. The first-order valence-electron chi connectivity index (χ1n) is 6.77. The van der Waals surface area contributed by atoms with Crippen molar-refractivity contribution in [3.05, 3.63) is 29.8 Å². The number of hydrogen-bond donors (Lipinski definition) is 1. The van der Waals surface area contributed by atoms with Gasteiger partial charge in [0.05, 0.1) is 6.10 Å². The summed E-state index contributed by atoms with van der Waals surface area (Å²) in [6.07, 6.45) is 4.04. The lowest BCUT2D eigenvalue weighted by molar-refractivity contribution is -0.00715. The van der Waals surface area contributed by atoms with Crippen molar-refractivity contribution in [2.24, 2.45) is 0 Å². The second-order valence-electron chi connectivity index (χ2n) is 5.20. The summed E-state index contributed by atoms with van der Waals surface area (Å²) in [4.78, 5) is 2.32. The monoisotopic (exact) mass is 249 g/mol. The van der Waals surface area contributed by atoms with Gasteiger partial charge in [-0.2, -0.15) is 0 Å². The molecule has 2 unspecified atom stereocenters. The molecule has 0 radical (unpaired) electrons. The van der Waals surface area contributed by atoms with Gasteiger partial charge in [0.1, 0.15) is 5.75 Å². The third-order valence-corrected chi connectivity index (χ3v) is 3.80. The maximum Gasteiger partial charge on any atom is 0.115 e. The number of hydrogen-bond acceptors (Lipinski definition) is 3. The molecule has 1 fully saturated rings. The Labute approximate surface area is 109 Å². The summed E-state index contributed by atoms with van der Waals surface area (Å²) in [6.45, 7) is 4.07. The Hall–Kier alpha value is -1.06. The molecular weight excluding hydrogens is 226 g/mol. The SMILES string of the molecule is CC(c1ccc(O)cc1)N(C)CC1CCCCO1. The highest BCUT2D eigenvalue weighted by Gasteiger charge is 2.19. The van der Waals surface area contributed by atoms with Crippen LogP contribution in [0.5, 0.6) is 5.75 Å². The highest BCUT2D eigenvalue weighted by Crippen LogP contribution is 2.23. The van der Waals surface area contributed by atoms with Crippen LogP contribution in [0.3, 0.4) is 0 Å². The van der Waals surface area contributed by atoms with Gasteiger partial charge in [-0.25, -0.2) is 0 Å². The van der Waals surface area contributed by atoms with E-state index in [2.05, 4.69) is 18.9 Å². The molecule has 1 aromatic rings. The first kappa shape index (κ1) is 13.4. The Morgan fingerprint density at radius 3 is 2.67 bits per heavy atom. The van der Waals surface area contributed by atoms with Gasteiger partial charge in [0.15, 0.2) is 0 Å². The molecule has 1 aliphatic heterocycles. The molecule has 2 atom stereocenters. The van der Waals surface area contributed by atoms with Crippen molar-refractivity contribution < 1.29 is 9.84 Å². The van der Waals surface area contributed by atoms with E-state index in [4.69, 9.17) is 4.74 Å². The number of benzene rings is 1. The minimum atomic E-state index is 0.323. The molecule has 0 aliphatic carbocycles. The molecule has 0 spiro atoms. The maximum atomic E-state index is 9.30. The molecule has 3 heteroatoms. The van der Waals surface area contributed by atoms with E-state index in [1.807, 2.05) is 12.1 Å². The first-order valence-corrected chi connectivity index (χ1v) is 6.77. The average molecular weight is 249 g/mol. The van der Waals surface area contributed by atoms with Crippen LogP contribution in [0.1, 0.15) is 37.8 Å². The predicted molar refractivity (Wildman–Crippen MR) is 72.7 cm³/mol. The third-order valence-electron chi connectivity index (χ3n) is 3.80. The Kier molecular flexibility index (Phi) is 4.61. The van der Waals surface area contributed by atoms with Crippen LogP contribution in [-0.4, -0.2) is 36.3 Å². The van der Waals surface area contributed by atoms with Crippen molar-refractivity contribution in [1.29, 1.82) is 0 Å². The van der Waals surface area contributed by atoms with E-state index in [9.17, 15) is 5.11 Å². The predicted octanol–water partition coefficient (Wildman–Crippen LogP) is 2.95. The minimum Gasteiger partial charge on any atom is -0.508 e. The number of ether oxygens (including phenoxy) is 1. The molecule has 0 bridgehead atoms. The fourth-order valence-electron chi connectivity index (χ4n) is 2.44. The quantitative estimate of drug-likeness (QED) is 0.890. The normalized spacial score (nSPS) is 22.1. The van der Waals surface area contributed by atoms with Crippen LogP contribution in [0.2, 0.25) is 0 Å². The topological polar surface area (TPSA) is 32.7 Å². The van der Waals surface area contributed by atoms with Crippen molar-refractivity contribution >= 4 is 0 Å². The number of rotatable bonds is 4. The Balaban J connectivity index is 1.91. The van der Waals surface area contributed by atoms with Gasteiger partial charge < -0.3 is 9.84 Å². The van der Waals surface area contributed by atoms with Crippen LogP contribution in [0.4, 0.5) is 0 Å². The molecule has 0 saturated carbocycles. The number of phenols is 1. The van der Waals surface area contributed by atoms with Gasteiger partial charge in [0, 0.05) is 19.2 Å². The van der Waals surface area contributed by atoms with Gasteiger partial charge in [-0.05, 0) is 50.9 Å². The molecule has 3 nitrogen and oxygen atoms in total. The van der Waals surface area contributed by atoms with Gasteiger partial charge >= 0.3 is 0 Å². The summed E-state index contributed by atoms with van der Waals surface area (Å²) in [6, 6.07) is 7.81. The smallest absolute Gasteiger partial charge is 0.115 e. The molecule has 1 aliphatic rings. The summed E-state index contributed by atoms with van der Waals surface area (Å²) in [5.74, 6) is 0.323. The average Bonchev–Trinajstić information content (AvgIpc) is 2.40. The van der Waals surface area contributed by atoms with E-state index >= 15 is 0 Å². The molecule has 2 rings (SSSR count). The molecule has 18 heavy (non-hydrogen) atoms. The van der Waals surface area contributed by atoms with Crippen molar-refractivity contribution in [3.63, 3.8) is 0 Å². The number of phenolic OH excluding ortho intramolecular Hbond substituents is 1. The zero-order valence-corrected chi connectivity index (χ0v) is 11.3. The van der Waals surface area contributed by atoms with E-state index in [1.165, 1.54) is 24.8 Å². The fraction of sp³-hybridized carbons (Fsp3) is 0.600. The summed E-state index contributed by atoms with van der Waals surface area (Å²) in [5, 5.41) is 9.30. The minimum absolute atomic E-state index is 0.323. The summed E-state index contributed by atoms with van der Waals surface area (Å²) < 4.78 is 5.77. The highest BCUT2D eigenvalue weighted by molar-refractivity contribution is 5.27. The van der Waals surface area contributed by atoms with Gasteiger partial charge in [0.25, 0.3) is 0 Å². The van der Waals surface area contributed by atoms with Gasteiger partial charge in [0.2, 0.25) is 0 Å². The second kappa shape index (κ2) is 6.21. The number of likely N-dealkylation sites (N-methyl/N-ethyl adjacent to an activating group) is 1.